The smallest absolute Gasteiger partial charge is 0.251 e. The van der Waals surface area contributed by atoms with E-state index in [4.69, 9.17) is 0 Å². The molecule has 17 heavy (non-hydrogen) atoms. The van der Waals surface area contributed by atoms with Crippen LogP contribution < -0.4 is 4.72 Å². The molecule has 96 valence electrons. The lowest BCUT2D eigenvalue weighted by Crippen LogP contribution is -2.24. The standard InChI is InChI=1S/C9H11F3N2O2S/c1-2-14-17(15,16)6-7-3-4-8(13-5-7)9(10,11)12/h3-5,14H,2,6H2,1H3. The maximum absolute atomic E-state index is 12.2. The predicted molar refractivity (Wildman–Crippen MR) is 55.5 cm³/mol. The highest BCUT2D eigenvalue weighted by atomic mass is 32.2. The first-order chi connectivity index (χ1) is 7.74. The van der Waals surface area contributed by atoms with Crippen molar-refractivity contribution in [2.75, 3.05) is 6.54 Å². The largest absolute Gasteiger partial charge is 0.433 e. The number of rotatable bonds is 4. The van der Waals surface area contributed by atoms with Gasteiger partial charge in [-0.25, -0.2) is 13.1 Å². The molecular formula is C9H11F3N2O2S. The maximum Gasteiger partial charge on any atom is 0.433 e. The summed E-state index contributed by atoms with van der Waals surface area (Å²) in [7, 11) is -3.50. The number of nitrogens with zero attached hydrogens (tertiary/aromatic N) is 1. The van der Waals surface area contributed by atoms with E-state index in [1.54, 1.807) is 6.92 Å². The van der Waals surface area contributed by atoms with Crippen LogP contribution in [0.4, 0.5) is 13.2 Å². The molecule has 0 aliphatic carbocycles. The molecule has 0 radical (unpaired) electrons. The number of halogens is 3. The molecule has 1 aromatic heterocycles. The third-order valence-corrected chi connectivity index (χ3v) is 3.28. The van der Waals surface area contributed by atoms with Crippen molar-refractivity contribution in [2.24, 2.45) is 0 Å². The van der Waals surface area contributed by atoms with E-state index in [1.807, 2.05) is 0 Å². The fraction of sp³-hybridized carbons (Fsp3) is 0.444. The van der Waals surface area contributed by atoms with Crippen molar-refractivity contribution in [3.8, 4) is 0 Å². The summed E-state index contributed by atoms with van der Waals surface area (Å²) in [6.45, 7) is 1.85. The quantitative estimate of drug-likeness (QED) is 0.901. The fourth-order valence-corrected chi connectivity index (χ4v) is 2.32. The van der Waals surface area contributed by atoms with Gasteiger partial charge in [-0.05, 0) is 11.6 Å². The van der Waals surface area contributed by atoms with E-state index in [0.29, 0.717) is 0 Å². The molecule has 0 aliphatic rings. The van der Waals surface area contributed by atoms with E-state index < -0.39 is 21.9 Å². The van der Waals surface area contributed by atoms with Gasteiger partial charge in [0.15, 0.2) is 0 Å². The minimum atomic E-state index is -4.51. The molecule has 0 atom stereocenters. The minimum absolute atomic E-state index is 0.207. The van der Waals surface area contributed by atoms with E-state index in [9.17, 15) is 21.6 Å². The van der Waals surface area contributed by atoms with Crippen LogP contribution >= 0.6 is 0 Å². The summed E-state index contributed by atoms with van der Waals surface area (Å²) in [6.07, 6.45) is -3.60. The Balaban J connectivity index is 2.83. The van der Waals surface area contributed by atoms with Gasteiger partial charge < -0.3 is 0 Å². The topological polar surface area (TPSA) is 59.1 Å². The van der Waals surface area contributed by atoms with Gasteiger partial charge in [-0.15, -0.1) is 0 Å². The predicted octanol–water partition coefficient (Wildman–Crippen LogP) is 1.54. The van der Waals surface area contributed by atoms with Crippen LogP contribution in [0.1, 0.15) is 18.2 Å². The summed E-state index contributed by atoms with van der Waals surface area (Å²) >= 11 is 0. The van der Waals surface area contributed by atoms with Gasteiger partial charge in [0.05, 0.1) is 5.75 Å². The average Bonchev–Trinajstić information content (AvgIpc) is 2.16. The first kappa shape index (κ1) is 13.9. The molecule has 0 amide bonds. The molecular weight excluding hydrogens is 257 g/mol. The molecule has 0 unspecified atom stereocenters. The molecule has 1 heterocycles. The normalized spacial score (nSPS) is 12.7. The SMILES string of the molecule is CCNS(=O)(=O)Cc1ccc(C(F)(F)F)nc1. The van der Waals surface area contributed by atoms with Crippen LogP contribution in [0.25, 0.3) is 0 Å². The fourth-order valence-electron chi connectivity index (χ4n) is 1.17. The van der Waals surface area contributed by atoms with Crippen LogP contribution in [0.3, 0.4) is 0 Å². The van der Waals surface area contributed by atoms with E-state index >= 15 is 0 Å². The summed E-state index contributed by atoms with van der Waals surface area (Å²) < 4.78 is 61.4. The first-order valence-electron chi connectivity index (χ1n) is 4.74. The van der Waals surface area contributed by atoms with Crippen molar-refractivity contribution in [1.82, 2.24) is 9.71 Å². The van der Waals surface area contributed by atoms with E-state index in [0.717, 1.165) is 18.3 Å². The Hall–Kier alpha value is -1.15. The molecule has 8 heteroatoms. The third kappa shape index (κ3) is 4.31. The summed E-state index contributed by atoms with van der Waals surface area (Å²) in [5.74, 6) is -0.383. The molecule has 1 aromatic rings. The van der Waals surface area contributed by atoms with Crippen LogP contribution in [0.15, 0.2) is 18.3 Å². The second-order valence-electron chi connectivity index (χ2n) is 3.31. The molecule has 0 aromatic carbocycles. The highest BCUT2D eigenvalue weighted by Gasteiger charge is 2.32. The number of hydrogen-bond donors (Lipinski definition) is 1. The van der Waals surface area contributed by atoms with Crippen molar-refractivity contribution in [2.45, 2.75) is 18.9 Å². The average molecular weight is 268 g/mol. The van der Waals surface area contributed by atoms with Gasteiger partial charge in [0.25, 0.3) is 0 Å². The zero-order valence-corrected chi connectivity index (χ0v) is 9.77. The Bertz CT molecular complexity index is 468. The van der Waals surface area contributed by atoms with Crippen molar-refractivity contribution < 1.29 is 21.6 Å². The second kappa shape index (κ2) is 5.01. The lowest BCUT2D eigenvalue weighted by atomic mass is 10.3. The highest BCUT2D eigenvalue weighted by Crippen LogP contribution is 2.27. The van der Waals surface area contributed by atoms with Crippen LogP contribution in [0, 0.1) is 0 Å². The monoisotopic (exact) mass is 268 g/mol. The molecule has 0 aliphatic heterocycles. The van der Waals surface area contributed by atoms with Gasteiger partial charge in [-0.2, -0.15) is 13.2 Å². The lowest BCUT2D eigenvalue weighted by Gasteiger charge is -2.07. The summed E-state index contributed by atoms with van der Waals surface area (Å²) in [4.78, 5) is 3.18. The van der Waals surface area contributed by atoms with E-state index in [-0.39, 0.29) is 17.9 Å². The minimum Gasteiger partial charge on any atom is -0.251 e. The Kier molecular flexibility index (Phi) is 4.10. The third-order valence-electron chi connectivity index (χ3n) is 1.84. The van der Waals surface area contributed by atoms with Crippen LogP contribution in [0.5, 0.6) is 0 Å². The number of hydrogen-bond acceptors (Lipinski definition) is 3. The van der Waals surface area contributed by atoms with Gasteiger partial charge >= 0.3 is 6.18 Å². The van der Waals surface area contributed by atoms with Gasteiger partial charge in [-0.3, -0.25) is 4.98 Å². The van der Waals surface area contributed by atoms with Gasteiger partial charge in [0, 0.05) is 12.7 Å². The number of alkyl halides is 3. The highest BCUT2D eigenvalue weighted by molar-refractivity contribution is 7.88. The van der Waals surface area contributed by atoms with Gasteiger partial charge in [0.1, 0.15) is 5.69 Å². The Labute approximate surface area is 96.9 Å². The summed E-state index contributed by atoms with van der Waals surface area (Å²) in [5, 5.41) is 0. The first-order valence-corrected chi connectivity index (χ1v) is 6.39. The number of aromatic nitrogens is 1. The lowest BCUT2D eigenvalue weighted by molar-refractivity contribution is -0.141. The Morgan fingerprint density at radius 2 is 2.00 bits per heavy atom. The van der Waals surface area contributed by atoms with Crippen molar-refractivity contribution in [3.63, 3.8) is 0 Å². The Morgan fingerprint density at radius 1 is 1.35 bits per heavy atom. The van der Waals surface area contributed by atoms with Crippen LogP contribution in [-0.2, 0) is 22.0 Å². The molecule has 4 nitrogen and oxygen atoms in total. The number of pyridine rings is 1. The zero-order chi connectivity index (χ0) is 13.1. The van der Waals surface area contributed by atoms with Gasteiger partial charge in [-0.1, -0.05) is 13.0 Å². The van der Waals surface area contributed by atoms with Crippen molar-refractivity contribution >= 4 is 10.0 Å². The summed E-state index contributed by atoms with van der Waals surface area (Å²) in [5.41, 5.74) is -0.832. The summed E-state index contributed by atoms with van der Waals surface area (Å²) in [6, 6.07) is 1.86. The Morgan fingerprint density at radius 3 is 2.41 bits per heavy atom. The zero-order valence-electron chi connectivity index (χ0n) is 8.95. The van der Waals surface area contributed by atoms with E-state index in [1.165, 1.54) is 0 Å². The molecule has 0 saturated carbocycles. The van der Waals surface area contributed by atoms with Crippen molar-refractivity contribution in [3.05, 3.63) is 29.6 Å². The molecule has 0 spiro atoms. The van der Waals surface area contributed by atoms with E-state index in [2.05, 4.69) is 9.71 Å². The van der Waals surface area contributed by atoms with Crippen LogP contribution in [0.2, 0.25) is 0 Å². The van der Waals surface area contributed by atoms with Crippen LogP contribution in [-0.4, -0.2) is 19.9 Å². The molecule has 0 bridgehead atoms. The number of nitrogens with one attached hydrogen (secondary N) is 1. The van der Waals surface area contributed by atoms with Crippen molar-refractivity contribution in [1.29, 1.82) is 0 Å². The maximum atomic E-state index is 12.2. The molecule has 1 N–H and O–H groups in total. The van der Waals surface area contributed by atoms with Gasteiger partial charge in [0.2, 0.25) is 10.0 Å². The molecule has 1 rings (SSSR count). The molecule has 0 saturated heterocycles. The number of sulfonamides is 1. The second-order valence-corrected chi connectivity index (χ2v) is 5.11. The molecule has 0 fully saturated rings.